The Labute approximate surface area is 104 Å². The molecule has 0 spiro atoms. The molecule has 1 aromatic heterocycles. The lowest BCUT2D eigenvalue weighted by Crippen LogP contribution is -2.21. The number of hydrogen-bond acceptors (Lipinski definition) is 3. The third-order valence-electron chi connectivity index (χ3n) is 2.46. The van der Waals surface area contributed by atoms with Gasteiger partial charge in [0, 0.05) is 25.0 Å². The topological polar surface area (TPSA) is 34.1 Å². The highest BCUT2D eigenvalue weighted by atomic mass is 19.4. The maximum absolute atomic E-state index is 11.9. The Morgan fingerprint density at radius 1 is 1.39 bits per heavy atom. The zero-order chi connectivity index (χ0) is 13.6. The number of hydrogen-bond donors (Lipinski definition) is 1. The molecule has 102 valence electrons. The van der Waals surface area contributed by atoms with E-state index in [2.05, 4.69) is 15.0 Å². The van der Waals surface area contributed by atoms with Gasteiger partial charge in [-0.1, -0.05) is 6.07 Å². The number of nitrogens with one attached hydrogen (secondary N) is 1. The number of halogens is 3. The molecule has 6 heteroatoms. The standard InChI is InChI=1S/C12H17F3N2O/c1-9-5-10(7-17-6-9)11(16-2)3-4-18-8-12(13,14)15/h5-7,11,16H,3-4,8H2,1-2H3. The molecule has 0 amide bonds. The van der Waals surface area contributed by atoms with Gasteiger partial charge >= 0.3 is 6.18 Å². The number of ether oxygens (including phenoxy) is 1. The van der Waals surface area contributed by atoms with Crippen LogP contribution in [0.5, 0.6) is 0 Å². The van der Waals surface area contributed by atoms with E-state index in [1.165, 1.54) is 0 Å². The van der Waals surface area contributed by atoms with Crippen LogP contribution in [0.25, 0.3) is 0 Å². The predicted molar refractivity (Wildman–Crippen MR) is 62.3 cm³/mol. The van der Waals surface area contributed by atoms with E-state index < -0.39 is 12.8 Å². The molecule has 3 nitrogen and oxygen atoms in total. The van der Waals surface area contributed by atoms with Crippen LogP contribution < -0.4 is 5.32 Å². The fraction of sp³-hybridized carbons (Fsp3) is 0.583. The van der Waals surface area contributed by atoms with Crippen molar-refractivity contribution >= 4 is 0 Å². The van der Waals surface area contributed by atoms with Crippen LogP contribution in [0.4, 0.5) is 13.2 Å². The number of alkyl halides is 3. The van der Waals surface area contributed by atoms with Crippen LogP contribution in [0.1, 0.15) is 23.6 Å². The van der Waals surface area contributed by atoms with Gasteiger partial charge in [0.15, 0.2) is 0 Å². The first kappa shape index (κ1) is 14.9. The summed E-state index contributed by atoms with van der Waals surface area (Å²) in [4.78, 5) is 4.06. The molecule has 0 fully saturated rings. The SMILES string of the molecule is CNC(CCOCC(F)(F)F)c1cncc(C)c1. The highest BCUT2D eigenvalue weighted by Gasteiger charge is 2.27. The van der Waals surface area contributed by atoms with E-state index in [-0.39, 0.29) is 12.6 Å². The van der Waals surface area contributed by atoms with Gasteiger partial charge < -0.3 is 10.1 Å². The normalized spacial score (nSPS) is 13.6. The number of aromatic nitrogens is 1. The lowest BCUT2D eigenvalue weighted by atomic mass is 10.1. The van der Waals surface area contributed by atoms with E-state index in [1.807, 2.05) is 13.0 Å². The molecule has 1 aromatic rings. The number of nitrogens with zero attached hydrogens (tertiary/aromatic N) is 1. The zero-order valence-electron chi connectivity index (χ0n) is 10.4. The molecule has 0 aliphatic carbocycles. The summed E-state index contributed by atoms with van der Waals surface area (Å²) in [5.41, 5.74) is 1.97. The van der Waals surface area contributed by atoms with Gasteiger partial charge in [-0.3, -0.25) is 4.98 Å². The molecule has 1 N–H and O–H groups in total. The van der Waals surface area contributed by atoms with Crippen molar-refractivity contribution in [2.24, 2.45) is 0 Å². The minimum absolute atomic E-state index is 0.0503. The average molecular weight is 262 g/mol. The molecular weight excluding hydrogens is 245 g/mol. The Bertz CT molecular complexity index is 369. The third kappa shape index (κ3) is 5.46. The second-order valence-electron chi connectivity index (χ2n) is 4.09. The van der Waals surface area contributed by atoms with Crippen molar-refractivity contribution in [3.05, 3.63) is 29.6 Å². The smallest absolute Gasteiger partial charge is 0.372 e. The van der Waals surface area contributed by atoms with Crippen molar-refractivity contribution in [2.75, 3.05) is 20.3 Å². The van der Waals surface area contributed by atoms with Gasteiger partial charge in [-0.2, -0.15) is 13.2 Å². The predicted octanol–water partition coefficient (Wildman–Crippen LogP) is 2.62. The highest BCUT2D eigenvalue weighted by Crippen LogP contribution is 2.18. The molecule has 0 bridgehead atoms. The van der Waals surface area contributed by atoms with Gasteiger partial charge in [0.25, 0.3) is 0 Å². The van der Waals surface area contributed by atoms with Crippen molar-refractivity contribution in [1.82, 2.24) is 10.3 Å². The largest absolute Gasteiger partial charge is 0.411 e. The first-order valence-corrected chi connectivity index (χ1v) is 5.65. The Morgan fingerprint density at radius 3 is 2.67 bits per heavy atom. The Kier molecular flexibility index (Phi) is 5.55. The van der Waals surface area contributed by atoms with Crippen LogP contribution >= 0.6 is 0 Å². The van der Waals surface area contributed by atoms with Gasteiger partial charge in [0.1, 0.15) is 6.61 Å². The maximum atomic E-state index is 11.9. The molecule has 0 saturated carbocycles. The summed E-state index contributed by atoms with van der Waals surface area (Å²) in [6, 6.07) is 1.91. The molecule has 0 aliphatic rings. The van der Waals surface area contributed by atoms with Gasteiger partial charge in [-0.15, -0.1) is 0 Å². The van der Waals surface area contributed by atoms with E-state index in [9.17, 15) is 13.2 Å². The fourth-order valence-corrected chi connectivity index (χ4v) is 1.64. The monoisotopic (exact) mass is 262 g/mol. The van der Waals surface area contributed by atoms with Crippen molar-refractivity contribution in [3.8, 4) is 0 Å². The third-order valence-corrected chi connectivity index (χ3v) is 2.46. The number of pyridine rings is 1. The summed E-state index contributed by atoms with van der Waals surface area (Å²) in [5, 5.41) is 3.04. The minimum Gasteiger partial charge on any atom is -0.372 e. The first-order valence-electron chi connectivity index (χ1n) is 5.65. The summed E-state index contributed by atoms with van der Waals surface area (Å²) < 4.78 is 40.3. The van der Waals surface area contributed by atoms with E-state index in [0.717, 1.165) is 11.1 Å². The minimum atomic E-state index is -4.26. The van der Waals surface area contributed by atoms with Gasteiger partial charge in [-0.25, -0.2) is 0 Å². The molecule has 18 heavy (non-hydrogen) atoms. The van der Waals surface area contributed by atoms with Crippen LogP contribution in [0, 0.1) is 6.92 Å². The fourth-order valence-electron chi connectivity index (χ4n) is 1.64. The second kappa shape index (κ2) is 6.70. The molecule has 0 saturated heterocycles. The number of aryl methyl sites for hydroxylation is 1. The zero-order valence-corrected chi connectivity index (χ0v) is 10.4. The summed E-state index contributed by atoms with van der Waals surface area (Å²) in [7, 11) is 1.76. The molecule has 1 rings (SSSR count). The van der Waals surface area contributed by atoms with E-state index >= 15 is 0 Å². The van der Waals surface area contributed by atoms with Crippen LogP contribution in [0.3, 0.4) is 0 Å². The van der Waals surface area contributed by atoms with Crippen LogP contribution in [0.15, 0.2) is 18.5 Å². The van der Waals surface area contributed by atoms with E-state index in [1.54, 1.807) is 19.4 Å². The van der Waals surface area contributed by atoms with Crippen LogP contribution in [-0.4, -0.2) is 31.4 Å². The molecular formula is C12H17F3N2O. The Hall–Kier alpha value is -1.14. The van der Waals surface area contributed by atoms with E-state index in [4.69, 9.17) is 0 Å². The second-order valence-corrected chi connectivity index (χ2v) is 4.09. The lowest BCUT2D eigenvalue weighted by Gasteiger charge is -2.17. The van der Waals surface area contributed by atoms with Gasteiger partial charge in [-0.05, 0) is 31.5 Å². The van der Waals surface area contributed by atoms with Crippen LogP contribution in [-0.2, 0) is 4.74 Å². The van der Waals surface area contributed by atoms with Crippen LogP contribution in [0.2, 0.25) is 0 Å². The summed E-state index contributed by atoms with van der Waals surface area (Å²) in [5.74, 6) is 0. The molecule has 0 radical (unpaired) electrons. The summed E-state index contributed by atoms with van der Waals surface area (Å²) in [6.07, 6.45) is -0.355. The average Bonchev–Trinajstić information content (AvgIpc) is 2.27. The quantitative estimate of drug-likeness (QED) is 0.800. The van der Waals surface area contributed by atoms with Crippen molar-refractivity contribution in [1.29, 1.82) is 0 Å². The highest BCUT2D eigenvalue weighted by molar-refractivity contribution is 5.20. The summed E-state index contributed by atoms with van der Waals surface area (Å²) >= 11 is 0. The first-order chi connectivity index (χ1) is 8.42. The maximum Gasteiger partial charge on any atom is 0.411 e. The molecule has 1 heterocycles. The molecule has 1 unspecified atom stereocenters. The molecule has 0 aliphatic heterocycles. The van der Waals surface area contributed by atoms with Crippen molar-refractivity contribution in [3.63, 3.8) is 0 Å². The lowest BCUT2D eigenvalue weighted by molar-refractivity contribution is -0.174. The van der Waals surface area contributed by atoms with Crippen molar-refractivity contribution < 1.29 is 17.9 Å². The number of rotatable bonds is 6. The van der Waals surface area contributed by atoms with Gasteiger partial charge in [0.2, 0.25) is 0 Å². The Balaban J connectivity index is 2.43. The van der Waals surface area contributed by atoms with E-state index in [0.29, 0.717) is 6.42 Å². The van der Waals surface area contributed by atoms with Gasteiger partial charge in [0.05, 0.1) is 0 Å². The summed E-state index contributed by atoms with van der Waals surface area (Å²) in [6.45, 7) is 0.776. The molecule has 0 aromatic carbocycles. The van der Waals surface area contributed by atoms with Crippen molar-refractivity contribution in [2.45, 2.75) is 25.6 Å². The molecule has 1 atom stereocenters. The Morgan fingerprint density at radius 2 is 2.11 bits per heavy atom.